The molecule has 154 valence electrons. The molecule has 2 aromatic rings. The van der Waals surface area contributed by atoms with Gasteiger partial charge in [0.1, 0.15) is 16.3 Å². The maximum absolute atomic E-state index is 13.2. The van der Waals surface area contributed by atoms with Gasteiger partial charge in [-0.05, 0) is 40.0 Å². The molecule has 0 unspecified atom stereocenters. The molecule has 28 heavy (non-hydrogen) atoms. The Kier molecular flexibility index (Phi) is 9.16. The summed E-state index contributed by atoms with van der Waals surface area (Å²) in [7, 11) is 1.65. The van der Waals surface area contributed by atoms with Crippen LogP contribution in [0.5, 0.6) is 0 Å². The summed E-state index contributed by atoms with van der Waals surface area (Å²) < 4.78 is 39.7. The van der Waals surface area contributed by atoms with Gasteiger partial charge in [0.2, 0.25) is 0 Å². The van der Waals surface area contributed by atoms with E-state index in [4.69, 9.17) is 0 Å². The van der Waals surface area contributed by atoms with E-state index in [0.717, 1.165) is 17.5 Å². The van der Waals surface area contributed by atoms with Gasteiger partial charge in [0.25, 0.3) is 5.91 Å². The fourth-order valence-electron chi connectivity index (χ4n) is 1.97. The first kappa shape index (κ1) is 24.2. The Labute approximate surface area is 171 Å². The summed E-state index contributed by atoms with van der Waals surface area (Å²) in [6.45, 7) is 7.88. The molecular formula is C19H24F3N3OS2. The van der Waals surface area contributed by atoms with Crippen molar-refractivity contribution in [2.45, 2.75) is 38.8 Å². The molecule has 0 aliphatic carbocycles. The highest BCUT2D eigenvalue weighted by Crippen LogP contribution is 2.41. The normalized spacial score (nSPS) is 11.3. The van der Waals surface area contributed by atoms with E-state index in [-0.39, 0.29) is 17.4 Å². The molecule has 0 saturated heterocycles. The zero-order valence-corrected chi connectivity index (χ0v) is 18.3. The van der Waals surface area contributed by atoms with Crippen LogP contribution in [0.4, 0.5) is 13.2 Å². The SMILES string of the molecule is C/C=C\C.CCN(C)C(=O)c1sc(-c2nc(C)ncc2C(F)(F)F)cc1SC. The van der Waals surface area contributed by atoms with Crippen molar-refractivity contribution in [3.05, 3.63) is 40.7 Å². The second kappa shape index (κ2) is 10.6. The summed E-state index contributed by atoms with van der Waals surface area (Å²) in [5.74, 6) is 0.0353. The molecule has 2 aromatic heterocycles. The summed E-state index contributed by atoms with van der Waals surface area (Å²) in [5.41, 5.74) is -1.08. The summed E-state index contributed by atoms with van der Waals surface area (Å²) >= 11 is 2.35. The Balaban J connectivity index is 0.000000892. The Morgan fingerprint density at radius 1 is 1.32 bits per heavy atom. The van der Waals surface area contributed by atoms with Crippen LogP contribution in [0.1, 0.15) is 41.8 Å². The first-order valence-corrected chi connectivity index (χ1v) is 10.6. The van der Waals surface area contributed by atoms with Gasteiger partial charge < -0.3 is 4.90 Å². The zero-order valence-electron chi connectivity index (χ0n) is 16.7. The van der Waals surface area contributed by atoms with E-state index in [9.17, 15) is 18.0 Å². The predicted molar refractivity (Wildman–Crippen MR) is 110 cm³/mol. The highest BCUT2D eigenvalue weighted by Gasteiger charge is 2.36. The van der Waals surface area contributed by atoms with Crippen molar-refractivity contribution in [2.75, 3.05) is 19.8 Å². The van der Waals surface area contributed by atoms with Crippen LogP contribution in [0.2, 0.25) is 0 Å². The molecule has 0 atom stereocenters. The van der Waals surface area contributed by atoms with Gasteiger partial charge in [-0.3, -0.25) is 4.79 Å². The maximum atomic E-state index is 13.2. The van der Waals surface area contributed by atoms with Crippen molar-refractivity contribution < 1.29 is 18.0 Å². The molecule has 2 rings (SSSR count). The number of amides is 1. The van der Waals surface area contributed by atoms with Crippen LogP contribution < -0.4 is 0 Å². The van der Waals surface area contributed by atoms with Gasteiger partial charge in [-0.15, -0.1) is 23.1 Å². The van der Waals surface area contributed by atoms with Crippen LogP contribution >= 0.6 is 23.1 Å². The van der Waals surface area contributed by atoms with Crippen molar-refractivity contribution in [1.82, 2.24) is 14.9 Å². The summed E-state index contributed by atoms with van der Waals surface area (Å²) in [5, 5.41) is 0. The minimum Gasteiger partial charge on any atom is -0.341 e. The number of carbonyl (C=O) groups is 1. The van der Waals surface area contributed by atoms with E-state index in [1.165, 1.54) is 23.6 Å². The molecule has 0 spiro atoms. The van der Waals surface area contributed by atoms with E-state index in [2.05, 4.69) is 9.97 Å². The maximum Gasteiger partial charge on any atom is 0.420 e. The molecule has 1 amide bonds. The van der Waals surface area contributed by atoms with Gasteiger partial charge in [-0.25, -0.2) is 9.97 Å². The van der Waals surface area contributed by atoms with Crippen LogP contribution in [0.15, 0.2) is 29.3 Å². The van der Waals surface area contributed by atoms with E-state index in [1.54, 1.807) is 19.4 Å². The molecule has 9 heteroatoms. The number of allylic oxidation sites excluding steroid dienone is 2. The minimum absolute atomic E-state index is 0.187. The average Bonchev–Trinajstić information content (AvgIpc) is 3.10. The van der Waals surface area contributed by atoms with Gasteiger partial charge in [0.05, 0.1) is 10.6 Å². The standard InChI is InChI=1S/C15H16F3N3OS2.C4H8/c1-5-21(3)14(22)13-11(23-4)6-10(24-13)12-9(15(16,17)18)7-19-8(2)20-12;1-3-4-2/h6-7H,5H2,1-4H3;3-4H,1-2H3/b;4-3-. The van der Waals surface area contributed by atoms with Crippen LogP contribution in [0, 0.1) is 6.92 Å². The number of hydrogen-bond acceptors (Lipinski definition) is 5. The van der Waals surface area contributed by atoms with Crippen LogP contribution in [-0.4, -0.2) is 40.6 Å². The quantitative estimate of drug-likeness (QED) is 0.445. The highest BCUT2D eigenvalue weighted by atomic mass is 32.2. The Bertz CT molecular complexity index is 828. The van der Waals surface area contributed by atoms with E-state index >= 15 is 0 Å². The largest absolute Gasteiger partial charge is 0.420 e. The summed E-state index contributed by atoms with van der Waals surface area (Å²) in [4.78, 5) is 22.9. The third-order valence-electron chi connectivity index (χ3n) is 3.71. The van der Waals surface area contributed by atoms with E-state index in [1.807, 2.05) is 32.9 Å². The molecule has 0 bridgehead atoms. The second-order valence-corrected chi connectivity index (χ2v) is 7.57. The van der Waals surface area contributed by atoms with Crippen molar-refractivity contribution >= 4 is 29.0 Å². The number of rotatable bonds is 4. The van der Waals surface area contributed by atoms with Gasteiger partial charge in [0, 0.05) is 24.7 Å². The second-order valence-electron chi connectivity index (χ2n) is 5.67. The van der Waals surface area contributed by atoms with Crippen molar-refractivity contribution in [1.29, 1.82) is 0 Å². The molecular weight excluding hydrogens is 407 g/mol. The molecule has 0 fully saturated rings. The number of aryl methyl sites for hydroxylation is 1. The number of thioether (sulfide) groups is 1. The lowest BCUT2D eigenvalue weighted by atomic mass is 10.2. The van der Waals surface area contributed by atoms with Crippen LogP contribution in [0.25, 0.3) is 10.6 Å². The minimum atomic E-state index is -4.56. The molecule has 0 saturated carbocycles. The molecule has 0 aliphatic heterocycles. The van der Waals surface area contributed by atoms with Crippen molar-refractivity contribution in [3.63, 3.8) is 0 Å². The number of alkyl halides is 3. The Hall–Kier alpha value is -1.87. The number of nitrogens with zero attached hydrogens (tertiary/aromatic N) is 3. The molecule has 0 radical (unpaired) electrons. The third kappa shape index (κ3) is 6.07. The number of aromatic nitrogens is 2. The number of halogens is 3. The topological polar surface area (TPSA) is 46.1 Å². The highest BCUT2D eigenvalue weighted by molar-refractivity contribution is 7.98. The number of carbonyl (C=O) groups excluding carboxylic acids is 1. The average molecular weight is 432 g/mol. The Morgan fingerprint density at radius 3 is 2.39 bits per heavy atom. The summed E-state index contributed by atoms with van der Waals surface area (Å²) in [6.07, 6.45) is 2.01. The smallest absolute Gasteiger partial charge is 0.341 e. The van der Waals surface area contributed by atoms with E-state index < -0.39 is 11.7 Å². The van der Waals surface area contributed by atoms with Crippen LogP contribution in [-0.2, 0) is 6.18 Å². The summed E-state index contributed by atoms with van der Waals surface area (Å²) in [6, 6.07) is 1.59. The third-order valence-corrected chi connectivity index (χ3v) is 5.74. The Morgan fingerprint density at radius 2 is 1.93 bits per heavy atom. The number of hydrogen-bond donors (Lipinski definition) is 0. The molecule has 0 N–H and O–H groups in total. The zero-order chi connectivity index (χ0) is 21.5. The predicted octanol–water partition coefficient (Wildman–Crippen LogP) is 5.93. The van der Waals surface area contributed by atoms with Gasteiger partial charge in [-0.1, -0.05) is 12.2 Å². The monoisotopic (exact) mass is 431 g/mol. The fourth-order valence-corrected chi connectivity index (χ4v) is 3.98. The fraction of sp³-hybridized carbons (Fsp3) is 0.421. The lowest BCUT2D eigenvalue weighted by molar-refractivity contribution is -0.137. The molecule has 0 aromatic carbocycles. The van der Waals surface area contributed by atoms with Crippen molar-refractivity contribution in [2.24, 2.45) is 0 Å². The molecule has 2 heterocycles. The number of thiophene rings is 1. The first-order valence-electron chi connectivity index (χ1n) is 8.52. The lowest BCUT2D eigenvalue weighted by Gasteiger charge is -2.13. The van der Waals surface area contributed by atoms with Gasteiger partial charge in [-0.2, -0.15) is 13.2 Å². The van der Waals surface area contributed by atoms with Crippen molar-refractivity contribution in [3.8, 4) is 10.6 Å². The van der Waals surface area contributed by atoms with Gasteiger partial charge in [0.15, 0.2) is 0 Å². The first-order chi connectivity index (χ1) is 13.1. The molecule has 0 aliphatic rings. The molecule has 4 nitrogen and oxygen atoms in total. The van der Waals surface area contributed by atoms with E-state index in [0.29, 0.717) is 21.2 Å². The van der Waals surface area contributed by atoms with Gasteiger partial charge >= 0.3 is 6.18 Å². The lowest BCUT2D eigenvalue weighted by Crippen LogP contribution is -2.25. The van der Waals surface area contributed by atoms with Crippen LogP contribution in [0.3, 0.4) is 0 Å².